The lowest BCUT2D eigenvalue weighted by atomic mass is 10.1. The Balaban J connectivity index is 2.03. The van der Waals surface area contributed by atoms with Gasteiger partial charge in [-0.15, -0.1) is 0 Å². The number of nitriles is 1. The van der Waals surface area contributed by atoms with Crippen molar-refractivity contribution in [3.63, 3.8) is 0 Å². The van der Waals surface area contributed by atoms with Gasteiger partial charge in [0.15, 0.2) is 0 Å². The summed E-state index contributed by atoms with van der Waals surface area (Å²) in [6.07, 6.45) is 0.283. The van der Waals surface area contributed by atoms with E-state index in [0.717, 1.165) is 16.9 Å². The molecule has 0 amide bonds. The number of benzene rings is 2. The minimum Gasteiger partial charge on any atom is -0.497 e. The molecule has 0 aliphatic carbocycles. The summed E-state index contributed by atoms with van der Waals surface area (Å²) in [5.74, 6) is 1.53. The van der Waals surface area contributed by atoms with Crippen molar-refractivity contribution in [3.05, 3.63) is 53.6 Å². The van der Waals surface area contributed by atoms with Gasteiger partial charge in [-0.05, 0) is 41.5 Å². The first-order valence-corrected chi connectivity index (χ1v) is 6.24. The summed E-state index contributed by atoms with van der Waals surface area (Å²) in [6.45, 7) is 0.458. The van der Waals surface area contributed by atoms with E-state index in [1.165, 1.54) is 0 Å². The number of nitrogen functional groups attached to an aromatic ring is 1. The fourth-order valence-electron chi connectivity index (χ4n) is 1.80. The quantitative estimate of drug-likeness (QED) is 0.846. The topological polar surface area (TPSA) is 68.3 Å². The molecule has 0 fully saturated rings. The van der Waals surface area contributed by atoms with Crippen LogP contribution >= 0.6 is 0 Å². The summed E-state index contributed by atoms with van der Waals surface area (Å²) in [7, 11) is 1.64. The Bertz CT molecular complexity index is 615. The van der Waals surface area contributed by atoms with Crippen molar-refractivity contribution >= 4 is 5.69 Å². The molecule has 0 aromatic heterocycles. The Morgan fingerprint density at radius 3 is 2.45 bits per heavy atom. The number of nitrogens with zero attached hydrogens (tertiary/aromatic N) is 1. The van der Waals surface area contributed by atoms with Crippen molar-refractivity contribution in [2.24, 2.45) is 0 Å². The van der Waals surface area contributed by atoms with Crippen LogP contribution in [0, 0.1) is 11.3 Å². The van der Waals surface area contributed by atoms with Crippen LogP contribution in [0.25, 0.3) is 0 Å². The maximum atomic E-state index is 8.73. The number of hydrogen-bond acceptors (Lipinski definition) is 4. The number of methoxy groups -OCH3 is 1. The molecule has 4 nitrogen and oxygen atoms in total. The Kier molecular flexibility index (Phi) is 4.46. The highest BCUT2D eigenvalue weighted by atomic mass is 16.5. The Labute approximate surface area is 118 Å². The predicted octanol–water partition coefficient (Wildman–Crippen LogP) is 2.92. The molecule has 102 valence electrons. The molecular formula is C16H16N2O2. The molecule has 0 saturated heterocycles. The van der Waals surface area contributed by atoms with Crippen molar-refractivity contribution in [2.45, 2.75) is 13.0 Å². The molecule has 0 unspecified atom stereocenters. The predicted molar refractivity (Wildman–Crippen MR) is 77.5 cm³/mol. The number of hydrogen-bond donors (Lipinski definition) is 1. The lowest BCUT2D eigenvalue weighted by Gasteiger charge is -2.09. The first-order chi connectivity index (χ1) is 9.72. The van der Waals surface area contributed by atoms with Gasteiger partial charge >= 0.3 is 0 Å². The van der Waals surface area contributed by atoms with Crippen LogP contribution in [0.4, 0.5) is 5.69 Å². The lowest BCUT2D eigenvalue weighted by Crippen LogP contribution is -1.98. The molecule has 2 aromatic carbocycles. The van der Waals surface area contributed by atoms with Crippen molar-refractivity contribution < 1.29 is 9.47 Å². The SMILES string of the molecule is COc1ccc(COc2ccc(N)c(CC#N)c2)cc1. The minimum absolute atomic E-state index is 0.283. The third kappa shape index (κ3) is 3.42. The Morgan fingerprint density at radius 1 is 1.10 bits per heavy atom. The van der Waals surface area contributed by atoms with Gasteiger partial charge in [0.05, 0.1) is 19.6 Å². The van der Waals surface area contributed by atoms with Crippen LogP contribution in [-0.2, 0) is 13.0 Å². The van der Waals surface area contributed by atoms with E-state index in [0.29, 0.717) is 18.0 Å². The molecule has 4 heteroatoms. The number of nitrogens with two attached hydrogens (primary N) is 1. The van der Waals surface area contributed by atoms with E-state index in [4.69, 9.17) is 20.5 Å². The molecule has 0 bridgehead atoms. The molecule has 0 saturated carbocycles. The van der Waals surface area contributed by atoms with Gasteiger partial charge in [0.1, 0.15) is 18.1 Å². The molecule has 0 heterocycles. The Morgan fingerprint density at radius 2 is 1.80 bits per heavy atom. The summed E-state index contributed by atoms with van der Waals surface area (Å²) < 4.78 is 10.8. The van der Waals surface area contributed by atoms with Crippen LogP contribution in [0.2, 0.25) is 0 Å². The highest BCUT2D eigenvalue weighted by Crippen LogP contribution is 2.21. The normalized spacial score (nSPS) is 9.80. The molecule has 2 rings (SSSR count). The summed E-state index contributed by atoms with van der Waals surface area (Å²) in [6, 6.07) is 15.1. The molecule has 0 atom stereocenters. The third-order valence-corrected chi connectivity index (χ3v) is 2.95. The fraction of sp³-hybridized carbons (Fsp3) is 0.188. The van der Waals surface area contributed by atoms with E-state index in [1.807, 2.05) is 30.3 Å². The van der Waals surface area contributed by atoms with Gasteiger partial charge in [-0.2, -0.15) is 5.26 Å². The smallest absolute Gasteiger partial charge is 0.120 e. The first-order valence-electron chi connectivity index (χ1n) is 6.24. The van der Waals surface area contributed by atoms with Crippen molar-refractivity contribution in [2.75, 3.05) is 12.8 Å². The second kappa shape index (κ2) is 6.48. The number of ether oxygens (including phenoxy) is 2. The van der Waals surface area contributed by atoms with Gasteiger partial charge in [0, 0.05) is 5.69 Å². The van der Waals surface area contributed by atoms with Crippen LogP contribution in [0.3, 0.4) is 0 Å². The molecule has 20 heavy (non-hydrogen) atoms. The van der Waals surface area contributed by atoms with Gasteiger partial charge < -0.3 is 15.2 Å². The van der Waals surface area contributed by atoms with E-state index < -0.39 is 0 Å². The highest BCUT2D eigenvalue weighted by Gasteiger charge is 2.02. The number of rotatable bonds is 5. The van der Waals surface area contributed by atoms with Gasteiger partial charge in [-0.25, -0.2) is 0 Å². The summed E-state index contributed by atoms with van der Waals surface area (Å²) in [4.78, 5) is 0. The summed E-state index contributed by atoms with van der Waals surface area (Å²) >= 11 is 0. The van der Waals surface area contributed by atoms with Gasteiger partial charge in [0.2, 0.25) is 0 Å². The fourth-order valence-corrected chi connectivity index (χ4v) is 1.80. The van der Waals surface area contributed by atoms with Crippen LogP contribution in [0.1, 0.15) is 11.1 Å². The van der Waals surface area contributed by atoms with E-state index >= 15 is 0 Å². The monoisotopic (exact) mass is 268 g/mol. The van der Waals surface area contributed by atoms with E-state index in [9.17, 15) is 0 Å². The van der Waals surface area contributed by atoms with E-state index in [1.54, 1.807) is 19.2 Å². The Hall–Kier alpha value is -2.67. The standard InChI is InChI=1S/C16H16N2O2/c1-19-14-4-2-12(3-5-14)11-20-15-6-7-16(18)13(10-15)8-9-17/h2-7,10H,8,11,18H2,1H3. The molecule has 2 aromatic rings. The van der Waals surface area contributed by atoms with Crippen LogP contribution in [0.5, 0.6) is 11.5 Å². The van der Waals surface area contributed by atoms with Crippen molar-refractivity contribution in [1.82, 2.24) is 0 Å². The van der Waals surface area contributed by atoms with Gasteiger partial charge in [0.25, 0.3) is 0 Å². The second-order valence-corrected chi connectivity index (χ2v) is 4.33. The van der Waals surface area contributed by atoms with E-state index in [-0.39, 0.29) is 6.42 Å². The van der Waals surface area contributed by atoms with Crippen LogP contribution in [-0.4, -0.2) is 7.11 Å². The van der Waals surface area contributed by atoms with Crippen LogP contribution < -0.4 is 15.2 Å². The van der Waals surface area contributed by atoms with Crippen molar-refractivity contribution in [1.29, 1.82) is 5.26 Å². The third-order valence-electron chi connectivity index (χ3n) is 2.95. The molecule has 0 radical (unpaired) electrons. The maximum absolute atomic E-state index is 8.73. The average Bonchev–Trinajstić information content (AvgIpc) is 2.49. The number of anilines is 1. The molecule has 0 aliphatic rings. The van der Waals surface area contributed by atoms with Gasteiger partial charge in [-0.1, -0.05) is 12.1 Å². The van der Waals surface area contributed by atoms with Crippen LogP contribution in [0.15, 0.2) is 42.5 Å². The second-order valence-electron chi connectivity index (χ2n) is 4.33. The minimum atomic E-state index is 0.283. The largest absolute Gasteiger partial charge is 0.497 e. The summed E-state index contributed by atoms with van der Waals surface area (Å²) in [5, 5.41) is 8.73. The zero-order valence-corrected chi connectivity index (χ0v) is 11.3. The molecule has 0 spiro atoms. The van der Waals surface area contributed by atoms with Gasteiger partial charge in [-0.3, -0.25) is 0 Å². The lowest BCUT2D eigenvalue weighted by molar-refractivity contribution is 0.306. The zero-order chi connectivity index (χ0) is 14.4. The first kappa shape index (κ1) is 13.8. The molecule has 2 N–H and O–H groups in total. The highest BCUT2D eigenvalue weighted by molar-refractivity contribution is 5.51. The molecular weight excluding hydrogens is 252 g/mol. The zero-order valence-electron chi connectivity index (χ0n) is 11.3. The van der Waals surface area contributed by atoms with E-state index in [2.05, 4.69) is 6.07 Å². The summed E-state index contributed by atoms with van der Waals surface area (Å²) in [5.41, 5.74) is 8.25. The average molecular weight is 268 g/mol. The van der Waals surface area contributed by atoms with Crippen molar-refractivity contribution in [3.8, 4) is 17.6 Å². The molecule has 0 aliphatic heterocycles. The maximum Gasteiger partial charge on any atom is 0.120 e.